The van der Waals surface area contributed by atoms with Crippen molar-refractivity contribution in [1.29, 1.82) is 0 Å². The Morgan fingerprint density at radius 2 is 1.75 bits per heavy atom. The minimum atomic E-state index is -4.73. The molecule has 0 aliphatic carbocycles. The van der Waals surface area contributed by atoms with Crippen molar-refractivity contribution in [2.45, 2.75) is 25.1 Å². The van der Waals surface area contributed by atoms with Crippen LogP contribution >= 0.6 is 24.0 Å². The molecule has 1 atom stereocenters. The number of hydrogen-bond acceptors (Lipinski definition) is 2. The van der Waals surface area contributed by atoms with Gasteiger partial charge in [-0.15, -0.1) is 12.4 Å². The van der Waals surface area contributed by atoms with Crippen molar-refractivity contribution >= 4 is 24.0 Å². The average molecular weight is 397 g/mol. The second-order valence-electron chi connectivity index (χ2n) is 5.29. The first kappa shape index (κ1) is 21.3. The van der Waals surface area contributed by atoms with Crippen molar-refractivity contribution in [3.8, 4) is 0 Å². The Morgan fingerprint density at radius 3 is 2.25 bits per heavy atom. The maximum absolute atomic E-state index is 14.2. The van der Waals surface area contributed by atoms with E-state index in [-0.39, 0.29) is 12.4 Å². The maximum Gasteiger partial charge on any atom is 0.416 e. The summed E-state index contributed by atoms with van der Waals surface area (Å²) in [5.74, 6) is -1.08. The fourth-order valence-electron chi connectivity index (χ4n) is 2.65. The van der Waals surface area contributed by atoms with Gasteiger partial charge in [-0.2, -0.15) is 13.2 Å². The molecule has 0 unspecified atom stereocenters. The molecule has 1 N–H and O–H groups in total. The van der Waals surface area contributed by atoms with Gasteiger partial charge in [-0.05, 0) is 12.1 Å². The van der Waals surface area contributed by atoms with E-state index in [0.29, 0.717) is 38.3 Å². The van der Waals surface area contributed by atoms with Gasteiger partial charge >= 0.3 is 6.18 Å². The average Bonchev–Trinajstić information content (AvgIpc) is 2.47. The lowest BCUT2D eigenvalue weighted by molar-refractivity contribution is -0.137. The van der Waals surface area contributed by atoms with Crippen molar-refractivity contribution in [3.05, 3.63) is 34.1 Å². The van der Waals surface area contributed by atoms with Gasteiger partial charge in [0.25, 0.3) is 0 Å². The van der Waals surface area contributed by atoms with Gasteiger partial charge in [0.2, 0.25) is 6.43 Å². The van der Waals surface area contributed by atoms with Crippen LogP contribution < -0.4 is 5.32 Å². The molecule has 138 valence electrons. The molecule has 1 aliphatic rings. The van der Waals surface area contributed by atoms with E-state index in [1.807, 2.05) is 0 Å². The molecular weight excluding hydrogens is 381 g/mol. The lowest BCUT2D eigenvalue weighted by Crippen LogP contribution is -2.45. The summed E-state index contributed by atoms with van der Waals surface area (Å²) in [7, 11) is 0. The highest BCUT2D eigenvalue weighted by molar-refractivity contribution is 6.30. The van der Waals surface area contributed by atoms with Gasteiger partial charge in [0.1, 0.15) is 5.82 Å². The van der Waals surface area contributed by atoms with Gasteiger partial charge in [-0.25, -0.2) is 13.2 Å². The van der Waals surface area contributed by atoms with Gasteiger partial charge < -0.3 is 5.32 Å². The topological polar surface area (TPSA) is 15.3 Å². The number of nitrogens with zero attached hydrogens (tertiary/aromatic N) is 1. The maximum atomic E-state index is 14.2. The summed E-state index contributed by atoms with van der Waals surface area (Å²) in [6.07, 6.45) is -8.26. The van der Waals surface area contributed by atoms with Crippen LogP contribution in [0.1, 0.15) is 23.6 Å². The molecule has 0 saturated carbocycles. The monoisotopic (exact) mass is 396 g/mol. The zero-order valence-electron chi connectivity index (χ0n) is 12.3. The van der Waals surface area contributed by atoms with E-state index < -0.39 is 47.0 Å². The standard InChI is InChI=1S/C14H15ClF6N2.ClH/c15-10-6-8(14(19,20)21)5-9(13(10)18)11(7-12(16)17)23-3-1-22-2-4-23;/h5-6,11-12,22H,1-4,7H2;1H/t11-;/m0./s1. The normalized spacial score (nSPS) is 17.7. The highest BCUT2D eigenvalue weighted by Gasteiger charge is 2.35. The third kappa shape index (κ3) is 5.15. The number of rotatable bonds is 4. The number of alkyl halides is 5. The van der Waals surface area contributed by atoms with Crippen LogP contribution in [0.5, 0.6) is 0 Å². The molecule has 0 bridgehead atoms. The van der Waals surface area contributed by atoms with Gasteiger partial charge in [-0.3, -0.25) is 4.90 Å². The molecule has 1 heterocycles. The summed E-state index contributed by atoms with van der Waals surface area (Å²) in [5.41, 5.74) is -1.58. The lowest BCUT2D eigenvalue weighted by atomic mass is 9.98. The molecule has 0 amide bonds. The fraction of sp³-hybridized carbons (Fsp3) is 0.571. The fourth-order valence-corrected chi connectivity index (χ4v) is 2.88. The molecule has 1 aromatic carbocycles. The zero-order valence-corrected chi connectivity index (χ0v) is 13.9. The van der Waals surface area contributed by atoms with Crippen molar-refractivity contribution in [1.82, 2.24) is 10.2 Å². The highest BCUT2D eigenvalue weighted by atomic mass is 35.5. The van der Waals surface area contributed by atoms with E-state index in [1.54, 1.807) is 4.90 Å². The molecule has 1 aromatic rings. The Hall–Kier alpha value is -0.700. The van der Waals surface area contributed by atoms with Crippen LogP contribution in [0.25, 0.3) is 0 Å². The number of halogens is 8. The summed E-state index contributed by atoms with van der Waals surface area (Å²) in [5, 5.41) is 2.29. The minimum Gasteiger partial charge on any atom is -0.314 e. The van der Waals surface area contributed by atoms with Crippen LogP contribution in [-0.2, 0) is 6.18 Å². The van der Waals surface area contributed by atoms with E-state index in [0.717, 1.165) is 0 Å². The van der Waals surface area contributed by atoms with Crippen LogP contribution in [0.3, 0.4) is 0 Å². The van der Waals surface area contributed by atoms with Crippen molar-refractivity contribution in [2.75, 3.05) is 26.2 Å². The van der Waals surface area contributed by atoms with Crippen molar-refractivity contribution in [3.63, 3.8) is 0 Å². The third-order valence-corrected chi connectivity index (χ3v) is 4.01. The molecular formula is C14H16Cl2F6N2. The number of hydrogen-bond donors (Lipinski definition) is 1. The molecule has 0 radical (unpaired) electrons. The quantitative estimate of drug-likeness (QED) is 0.752. The second kappa shape index (κ2) is 8.60. The minimum absolute atomic E-state index is 0. The second-order valence-corrected chi connectivity index (χ2v) is 5.69. The first-order chi connectivity index (χ1) is 10.7. The Morgan fingerprint density at radius 1 is 1.17 bits per heavy atom. The van der Waals surface area contributed by atoms with Gasteiger partial charge in [0.15, 0.2) is 0 Å². The molecule has 1 fully saturated rings. The zero-order chi connectivity index (χ0) is 17.2. The van der Waals surface area contributed by atoms with E-state index in [9.17, 15) is 26.3 Å². The Balaban J connectivity index is 0.00000288. The van der Waals surface area contributed by atoms with Crippen LogP contribution in [-0.4, -0.2) is 37.5 Å². The predicted molar refractivity (Wildman–Crippen MR) is 81.5 cm³/mol. The van der Waals surface area contributed by atoms with Crippen LogP contribution in [0.4, 0.5) is 26.3 Å². The predicted octanol–water partition coefficient (Wildman–Crippen LogP) is 4.52. The number of piperazine rings is 1. The van der Waals surface area contributed by atoms with Crippen LogP contribution in [0, 0.1) is 5.82 Å². The van der Waals surface area contributed by atoms with E-state index >= 15 is 0 Å². The van der Waals surface area contributed by atoms with Crippen molar-refractivity contribution < 1.29 is 26.3 Å². The smallest absolute Gasteiger partial charge is 0.314 e. The third-order valence-electron chi connectivity index (χ3n) is 3.74. The largest absolute Gasteiger partial charge is 0.416 e. The van der Waals surface area contributed by atoms with Gasteiger partial charge in [0.05, 0.1) is 10.6 Å². The molecule has 24 heavy (non-hydrogen) atoms. The molecule has 1 aliphatic heterocycles. The Kier molecular flexibility index (Phi) is 7.65. The van der Waals surface area contributed by atoms with Gasteiger partial charge in [0, 0.05) is 44.2 Å². The van der Waals surface area contributed by atoms with Gasteiger partial charge in [-0.1, -0.05) is 11.6 Å². The molecule has 0 aromatic heterocycles. The summed E-state index contributed by atoms with van der Waals surface area (Å²) in [4.78, 5) is 1.55. The van der Waals surface area contributed by atoms with E-state index in [4.69, 9.17) is 11.6 Å². The molecule has 2 nitrogen and oxygen atoms in total. The molecule has 1 saturated heterocycles. The summed E-state index contributed by atoms with van der Waals surface area (Å²) < 4.78 is 78.7. The van der Waals surface area contributed by atoms with Crippen molar-refractivity contribution in [2.24, 2.45) is 0 Å². The Labute approximate surface area is 146 Å². The lowest BCUT2D eigenvalue weighted by Gasteiger charge is -2.35. The summed E-state index contributed by atoms with van der Waals surface area (Å²) in [6, 6.07) is -0.106. The van der Waals surface area contributed by atoms with Crippen LogP contribution in [0.15, 0.2) is 12.1 Å². The summed E-state index contributed by atoms with van der Waals surface area (Å²) in [6.45, 7) is 1.66. The van der Waals surface area contributed by atoms with E-state index in [2.05, 4.69) is 5.32 Å². The SMILES string of the molecule is Cl.Fc1c(Cl)cc(C(F)(F)F)cc1[C@H](CC(F)F)N1CCNCC1. The number of nitrogens with one attached hydrogen (secondary N) is 1. The number of benzene rings is 1. The first-order valence-electron chi connectivity index (χ1n) is 6.99. The molecule has 10 heteroatoms. The molecule has 2 rings (SSSR count). The van der Waals surface area contributed by atoms with Crippen LogP contribution in [0.2, 0.25) is 5.02 Å². The van der Waals surface area contributed by atoms with E-state index in [1.165, 1.54) is 0 Å². The highest BCUT2D eigenvalue weighted by Crippen LogP contribution is 2.38. The molecule has 0 spiro atoms. The first-order valence-corrected chi connectivity index (χ1v) is 7.37. The Bertz CT molecular complexity index is 547. The summed E-state index contributed by atoms with van der Waals surface area (Å²) >= 11 is 5.55.